The molecule has 0 radical (unpaired) electrons. The van der Waals surface area contributed by atoms with Gasteiger partial charge in [0.1, 0.15) is 18.2 Å². The number of non-ortho nitro benzene ring substituents is 1. The van der Waals surface area contributed by atoms with E-state index in [2.05, 4.69) is 5.32 Å². The zero-order valence-electron chi connectivity index (χ0n) is 18.7. The highest BCUT2D eigenvalue weighted by molar-refractivity contribution is 6.42. The third-order valence-corrected chi connectivity index (χ3v) is 5.66. The van der Waals surface area contributed by atoms with Crippen LogP contribution >= 0.6 is 23.2 Å². The Morgan fingerprint density at radius 2 is 1.89 bits per heavy atom. The number of rotatable bonds is 8. The molecule has 0 aliphatic heterocycles. The first-order valence-electron chi connectivity index (χ1n) is 10.1. The Labute approximate surface area is 211 Å². The predicted molar refractivity (Wildman–Crippen MR) is 134 cm³/mol. The summed E-state index contributed by atoms with van der Waals surface area (Å²) in [5.41, 5.74) is 1.83. The Morgan fingerprint density at radius 1 is 1.11 bits per heavy atom. The summed E-state index contributed by atoms with van der Waals surface area (Å²) in [6, 6.07) is 16.1. The first kappa shape index (κ1) is 25.6. The van der Waals surface area contributed by atoms with Crippen LogP contribution in [0.1, 0.15) is 16.7 Å². The van der Waals surface area contributed by atoms with E-state index >= 15 is 0 Å². The van der Waals surface area contributed by atoms with E-state index in [0.29, 0.717) is 32.7 Å². The van der Waals surface area contributed by atoms with Crippen LogP contribution in [0.3, 0.4) is 0 Å². The number of nitrogens with one attached hydrogen (secondary N) is 1. The summed E-state index contributed by atoms with van der Waals surface area (Å²) < 4.78 is 11.2. The summed E-state index contributed by atoms with van der Waals surface area (Å²) in [4.78, 5) is 23.1. The standard InChI is InChI=1S/C25H19Cl2N3O5/c1-15-3-6-19(30(32)33)12-22(15)29-25(31)18(13-28)9-16-5-8-23(24(11-16)34-2)35-14-17-4-7-20(26)21(27)10-17/h3-12H,14H2,1-2H3,(H,29,31)/b18-9+. The Balaban J connectivity index is 1.78. The number of ether oxygens (including phenoxy) is 2. The van der Waals surface area contributed by atoms with Crippen molar-refractivity contribution in [1.29, 1.82) is 5.26 Å². The fraction of sp³-hybridized carbons (Fsp3) is 0.120. The van der Waals surface area contributed by atoms with Gasteiger partial charge in [0.25, 0.3) is 11.6 Å². The SMILES string of the molecule is COc1cc(/C=C(\C#N)C(=O)Nc2cc([N+](=O)[O-])ccc2C)ccc1OCc1ccc(Cl)c(Cl)c1. The number of aryl methyl sites for hydroxylation is 1. The number of hydrogen-bond acceptors (Lipinski definition) is 6. The summed E-state index contributed by atoms with van der Waals surface area (Å²) in [5, 5.41) is 24.0. The summed E-state index contributed by atoms with van der Waals surface area (Å²) in [6.45, 7) is 1.91. The molecule has 0 aliphatic carbocycles. The molecular formula is C25H19Cl2N3O5. The molecule has 8 nitrogen and oxygen atoms in total. The highest BCUT2D eigenvalue weighted by atomic mass is 35.5. The maximum atomic E-state index is 12.7. The van der Waals surface area contributed by atoms with Crippen LogP contribution in [0.15, 0.2) is 60.2 Å². The van der Waals surface area contributed by atoms with Crippen LogP contribution in [0.25, 0.3) is 6.08 Å². The van der Waals surface area contributed by atoms with Crippen molar-refractivity contribution in [2.24, 2.45) is 0 Å². The average molecular weight is 512 g/mol. The molecule has 35 heavy (non-hydrogen) atoms. The van der Waals surface area contributed by atoms with E-state index in [-0.39, 0.29) is 23.6 Å². The minimum absolute atomic E-state index is 0.172. The number of benzene rings is 3. The maximum Gasteiger partial charge on any atom is 0.271 e. The van der Waals surface area contributed by atoms with Crippen LogP contribution in [0, 0.1) is 28.4 Å². The van der Waals surface area contributed by atoms with Gasteiger partial charge in [-0.05, 0) is 54.0 Å². The van der Waals surface area contributed by atoms with Gasteiger partial charge in [-0.3, -0.25) is 14.9 Å². The Bertz CT molecular complexity index is 1370. The van der Waals surface area contributed by atoms with E-state index in [1.165, 1.54) is 31.4 Å². The Morgan fingerprint density at radius 3 is 2.54 bits per heavy atom. The number of nitro benzene ring substituents is 1. The molecule has 3 aromatic carbocycles. The second-order valence-corrected chi connectivity index (χ2v) is 8.14. The highest BCUT2D eigenvalue weighted by Gasteiger charge is 2.15. The molecule has 0 heterocycles. The van der Waals surface area contributed by atoms with Crippen LogP contribution in [0.5, 0.6) is 11.5 Å². The van der Waals surface area contributed by atoms with Crippen LogP contribution in [0.2, 0.25) is 10.0 Å². The van der Waals surface area contributed by atoms with E-state index in [0.717, 1.165) is 5.56 Å². The molecule has 10 heteroatoms. The molecule has 0 aliphatic rings. The zero-order valence-corrected chi connectivity index (χ0v) is 20.2. The molecule has 0 atom stereocenters. The maximum absolute atomic E-state index is 12.7. The molecule has 178 valence electrons. The van der Waals surface area contributed by atoms with Crippen molar-refractivity contribution in [3.8, 4) is 17.6 Å². The number of halogens is 2. The van der Waals surface area contributed by atoms with Gasteiger partial charge in [0, 0.05) is 12.1 Å². The van der Waals surface area contributed by atoms with Gasteiger partial charge >= 0.3 is 0 Å². The number of nitriles is 1. The molecule has 0 fully saturated rings. The zero-order chi connectivity index (χ0) is 25.5. The lowest BCUT2D eigenvalue weighted by Gasteiger charge is -2.12. The van der Waals surface area contributed by atoms with Gasteiger partial charge in [-0.25, -0.2) is 0 Å². The van der Waals surface area contributed by atoms with Crippen molar-refractivity contribution in [3.63, 3.8) is 0 Å². The summed E-state index contributed by atoms with van der Waals surface area (Å²) in [6.07, 6.45) is 1.38. The first-order chi connectivity index (χ1) is 16.7. The topological polar surface area (TPSA) is 114 Å². The Kier molecular flexibility index (Phi) is 8.31. The molecule has 0 spiro atoms. The second-order valence-electron chi connectivity index (χ2n) is 7.33. The van der Waals surface area contributed by atoms with Gasteiger partial charge in [0.15, 0.2) is 11.5 Å². The van der Waals surface area contributed by atoms with Gasteiger partial charge in [-0.1, -0.05) is 41.4 Å². The number of amides is 1. The van der Waals surface area contributed by atoms with Gasteiger partial charge in [-0.2, -0.15) is 5.26 Å². The number of nitro groups is 1. The third-order valence-electron chi connectivity index (χ3n) is 4.92. The van der Waals surface area contributed by atoms with E-state index in [9.17, 15) is 20.2 Å². The van der Waals surface area contributed by atoms with Crippen molar-refractivity contribution in [2.75, 3.05) is 12.4 Å². The monoisotopic (exact) mass is 511 g/mol. The normalized spacial score (nSPS) is 10.9. The van der Waals surface area contributed by atoms with E-state index in [4.69, 9.17) is 32.7 Å². The van der Waals surface area contributed by atoms with Crippen LogP contribution in [-0.2, 0) is 11.4 Å². The first-order valence-corrected chi connectivity index (χ1v) is 10.9. The van der Waals surface area contributed by atoms with Gasteiger partial charge in [0.05, 0.1) is 27.8 Å². The molecule has 1 amide bonds. The molecule has 0 saturated heterocycles. The van der Waals surface area contributed by atoms with Gasteiger partial charge in [0.2, 0.25) is 0 Å². The molecule has 0 aromatic heterocycles. The van der Waals surface area contributed by atoms with E-state index in [1.54, 1.807) is 43.3 Å². The van der Waals surface area contributed by atoms with Crippen LogP contribution in [0.4, 0.5) is 11.4 Å². The number of anilines is 1. The molecule has 0 unspecified atom stereocenters. The van der Waals surface area contributed by atoms with Gasteiger partial charge < -0.3 is 14.8 Å². The molecule has 3 rings (SSSR count). The summed E-state index contributed by atoms with van der Waals surface area (Å²) in [5.74, 6) is 0.145. The van der Waals surface area contributed by atoms with Crippen molar-refractivity contribution in [3.05, 3.63) is 97.0 Å². The molecule has 0 saturated carbocycles. The predicted octanol–water partition coefficient (Wildman–Crippen LogP) is 6.34. The number of nitrogens with zero attached hydrogens (tertiary/aromatic N) is 2. The minimum Gasteiger partial charge on any atom is -0.493 e. The largest absolute Gasteiger partial charge is 0.493 e. The van der Waals surface area contributed by atoms with Crippen molar-refractivity contribution < 1.29 is 19.2 Å². The van der Waals surface area contributed by atoms with Crippen molar-refractivity contribution in [2.45, 2.75) is 13.5 Å². The lowest BCUT2D eigenvalue weighted by atomic mass is 10.1. The van der Waals surface area contributed by atoms with Crippen LogP contribution < -0.4 is 14.8 Å². The molecule has 0 bridgehead atoms. The Hall–Kier alpha value is -4.06. The number of methoxy groups -OCH3 is 1. The van der Waals surface area contributed by atoms with Crippen LogP contribution in [-0.4, -0.2) is 17.9 Å². The molecular weight excluding hydrogens is 493 g/mol. The fourth-order valence-corrected chi connectivity index (χ4v) is 3.37. The number of carbonyl (C=O) groups excluding carboxylic acids is 1. The fourth-order valence-electron chi connectivity index (χ4n) is 3.05. The average Bonchev–Trinajstić information content (AvgIpc) is 2.84. The lowest BCUT2D eigenvalue weighted by molar-refractivity contribution is -0.384. The molecule has 3 aromatic rings. The summed E-state index contributed by atoms with van der Waals surface area (Å²) >= 11 is 12.0. The smallest absolute Gasteiger partial charge is 0.271 e. The number of hydrogen-bond donors (Lipinski definition) is 1. The van der Waals surface area contributed by atoms with Crippen molar-refractivity contribution >= 4 is 46.6 Å². The van der Waals surface area contributed by atoms with Gasteiger partial charge in [-0.15, -0.1) is 0 Å². The quantitative estimate of drug-likeness (QED) is 0.163. The second kappa shape index (κ2) is 11.4. The summed E-state index contributed by atoms with van der Waals surface area (Å²) in [7, 11) is 1.47. The van der Waals surface area contributed by atoms with E-state index in [1.807, 2.05) is 6.07 Å². The third kappa shape index (κ3) is 6.51. The lowest BCUT2D eigenvalue weighted by Crippen LogP contribution is -2.14. The molecule has 1 N–H and O–H groups in total. The highest BCUT2D eigenvalue weighted by Crippen LogP contribution is 2.31. The van der Waals surface area contributed by atoms with E-state index < -0.39 is 10.8 Å². The number of carbonyl (C=O) groups is 1. The minimum atomic E-state index is -0.699. The van der Waals surface area contributed by atoms with Crippen molar-refractivity contribution in [1.82, 2.24) is 0 Å².